The van der Waals surface area contributed by atoms with E-state index in [9.17, 15) is 4.79 Å². The highest BCUT2D eigenvalue weighted by Gasteiger charge is 2.15. The molecule has 0 aromatic carbocycles. The van der Waals surface area contributed by atoms with Crippen molar-refractivity contribution >= 4 is 33.4 Å². The van der Waals surface area contributed by atoms with E-state index in [0.717, 1.165) is 11.5 Å². The second-order valence-corrected chi connectivity index (χ2v) is 4.77. The van der Waals surface area contributed by atoms with Crippen LogP contribution in [0, 0.1) is 0 Å². The molecule has 0 amide bonds. The molecule has 66 valence electrons. The second kappa shape index (κ2) is 3.86. The van der Waals surface area contributed by atoms with Gasteiger partial charge in [-0.2, -0.15) is 0 Å². The average molecular weight is 203 g/mol. The van der Waals surface area contributed by atoms with Crippen LogP contribution in [0.5, 0.6) is 0 Å². The van der Waals surface area contributed by atoms with Gasteiger partial charge in [0.1, 0.15) is 5.00 Å². The number of nitrogen functional groups attached to an aromatic ring is 1. The van der Waals surface area contributed by atoms with Crippen LogP contribution in [0.3, 0.4) is 0 Å². The smallest absolute Gasteiger partial charge is 0.242 e. The topological polar surface area (TPSA) is 68.9 Å². The molecule has 12 heavy (non-hydrogen) atoms. The second-order valence-electron chi connectivity index (χ2n) is 2.44. The summed E-state index contributed by atoms with van der Waals surface area (Å²) in [4.78, 5) is 11.3. The molecule has 1 heterocycles. The first-order chi connectivity index (χ1) is 5.61. The summed E-state index contributed by atoms with van der Waals surface area (Å²) in [6, 6.07) is 0. The van der Waals surface area contributed by atoms with Crippen LogP contribution in [-0.4, -0.2) is 20.0 Å². The standard InChI is InChI=1S/C6H9N3OS2/c1-3(2)11-6(10)4-5(7)12-9-8-4/h3H,7H2,1-2H3. The van der Waals surface area contributed by atoms with E-state index in [-0.39, 0.29) is 10.4 Å². The molecule has 2 N–H and O–H groups in total. The Labute approximate surface area is 78.7 Å². The maximum absolute atomic E-state index is 11.3. The molecule has 0 saturated heterocycles. The van der Waals surface area contributed by atoms with Crippen molar-refractivity contribution in [1.82, 2.24) is 9.59 Å². The van der Waals surface area contributed by atoms with Gasteiger partial charge in [-0.3, -0.25) is 4.79 Å². The fourth-order valence-corrected chi connectivity index (χ4v) is 1.79. The largest absolute Gasteiger partial charge is 0.387 e. The summed E-state index contributed by atoms with van der Waals surface area (Å²) in [5.74, 6) is 0. The number of carbonyl (C=O) groups is 1. The van der Waals surface area contributed by atoms with Gasteiger partial charge in [-0.25, -0.2) is 0 Å². The van der Waals surface area contributed by atoms with Gasteiger partial charge < -0.3 is 5.73 Å². The molecule has 0 radical (unpaired) electrons. The summed E-state index contributed by atoms with van der Waals surface area (Å²) in [5.41, 5.74) is 5.77. The summed E-state index contributed by atoms with van der Waals surface area (Å²) in [6.07, 6.45) is 0. The number of hydrogen-bond acceptors (Lipinski definition) is 6. The van der Waals surface area contributed by atoms with Gasteiger partial charge in [0.2, 0.25) is 5.12 Å². The SMILES string of the molecule is CC(C)SC(=O)c1nnsc1N. The zero-order valence-electron chi connectivity index (χ0n) is 6.77. The Morgan fingerprint density at radius 1 is 1.67 bits per heavy atom. The number of thioether (sulfide) groups is 1. The molecule has 0 fully saturated rings. The first-order valence-corrected chi connectivity index (χ1v) is 5.05. The molecule has 1 aromatic heterocycles. The molecule has 4 nitrogen and oxygen atoms in total. The van der Waals surface area contributed by atoms with Crippen LogP contribution >= 0.6 is 23.3 Å². The van der Waals surface area contributed by atoms with Crippen LogP contribution in [-0.2, 0) is 0 Å². The highest BCUT2D eigenvalue weighted by molar-refractivity contribution is 8.14. The van der Waals surface area contributed by atoms with Gasteiger partial charge in [0.05, 0.1) is 0 Å². The Balaban J connectivity index is 2.72. The summed E-state index contributed by atoms with van der Waals surface area (Å²) in [5, 5.41) is 4.19. The third-order valence-electron chi connectivity index (χ3n) is 1.05. The van der Waals surface area contributed by atoms with E-state index in [1.54, 1.807) is 0 Å². The molecule has 0 aliphatic heterocycles. The van der Waals surface area contributed by atoms with Gasteiger partial charge >= 0.3 is 0 Å². The predicted molar refractivity (Wildman–Crippen MR) is 51.4 cm³/mol. The third-order valence-corrected chi connectivity index (χ3v) is 2.48. The fraction of sp³-hybridized carbons (Fsp3) is 0.500. The molecular weight excluding hydrogens is 194 g/mol. The predicted octanol–water partition coefficient (Wildman–Crippen LogP) is 1.40. The number of hydrogen-bond donors (Lipinski definition) is 1. The highest BCUT2D eigenvalue weighted by atomic mass is 32.2. The Morgan fingerprint density at radius 2 is 2.33 bits per heavy atom. The van der Waals surface area contributed by atoms with Crippen molar-refractivity contribution in [2.45, 2.75) is 19.1 Å². The van der Waals surface area contributed by atoms with Crippen molar-refractivity contribution in [1.29, 1.82) is 0 Å². The van der Waals surface area contributed by atoms with Crippen LogP contribution in [0.4, 0.5) is 5.00 Å². The zero-order chi connectivity index (χ0) is 9.14. The van der Waals surface area contributed by atoms with Crippen LogP contribution in [0.15, 0.2) is 0 Å². The molecule has 1 aromatic rings. The Morgan fingerprint density at radius 3 is 2.75 bits per heavy atom. The number of nitrogens with zero attached hydrogens (tertiary/aromatic N) is 2. The van der Waals surface area contributed by atoms with Gasteiger partial charge in [0.25, 0.3) is 0 Å². The fourth-order valence-electron chi connectivity index (χ4n) is 0.609. The molecule has 0 aliphatic rings. The molecule has 0 unspecified atom stereocenters. The van der Waals surface area contributed by atoms with Gasteiger partial charge in [-0.05, 0) is 0 Å². The Kier molecular flexibility index (Phi) is 3.05. The van der Waals surface area contributed by atoms with E-state index >= 15 is 0 Å². The number of nitrogens with two attached hydrogens (primary N) is 1. The van der Waals surface area contributed by atoms with Gasteiger partial charge in [-0.1, -0.05) is 30.1 Å². The molecule has 0 saturated carbocycles. The van der Waals surface area contributed by atoms with Gasteiger partial charge in [0.15, 0.2) is 5.69 Å². The van der Waals surface area contributed by atoms with Crippen LogP contribution < -0.4 is 5.73 Å². The molecule has 0 aliphatic carbocycles. The van der Waals surface area contributed by atoms with Crippen LogP contribution in [0.2, 0.25) is 0 Å². The van der Waals surface area contributed by atoms with E-state index < -0.39 is 0 Å². The number of rotatable bonds is 2. The first kappa shape index (κ1) is 9.47. The van der Waals surface area contributed by atoms with Crippen molar-refractivity contribution in [3.8, 4) is 0 Å². The highest BCUT2D eigenvalue weighted by Crippen LogP contribution is 2.21. The minimum Gasteiger partial charge on any atom is -0.387 e. The summed E-state index contributed by atoms with van der Waals surface area (Å²) in [6.45, 7) is 3.89. The number of anilines is 1. The lowest BCUT2D eigenvalue weighted by Gasteiger charge is -1.99. The third kappa shape index (κ3) is 2.18. The van der Waals surface area contributed by atoms with Crippen molar-refractivity contribution in [2.24, 2.45) is 0 Å². The molecule has 1 rings (SSSR count). The van der Waals surface area contributed by atoms with Crippen LogP contribution in [0.25, 0.3) is 0 Å². The van der Waals surface area contributed by atoms with Crippen molar-refractivity contribution in [2.75, 3.05) is 5.73 Å². The van der Waals surface area contributed by atoms with Crippen molar-refractivity contribution in [3.63, 3.8) is 0 Å². The average Bonchev–Trinajstić information content (AvgIpc) is 2.33. The van der Waals surface area contributed by atoms with Crippen molar-refractivity contribution in [3.05, 3.63) is 5.69 Å². The number of aromatic nitrogens is 2. The summed E-state index contributed by atoms with van der Waals surface area (Å²) in [7, 11) is 0. The van der Waals surface area contributed by atoms with E-state index in [2.05, 4.69) is 9.59 Å². The Hall–Kier alpha value is -0.620. The van der Waals surface area contributed by atoms with Crippen molar-refractivity contribution < 1.29 is 4.79 Å². The summed E-state index contributed by atoms with van der Waals surface area (Å²) < 4.78 is 3.58. The van der Waals surface area contributed by atoms with E-state index in [1.807, 2.05) is 13.8 Å². The maximum atomic E-state index is 11.3. The molecule has 0 atom stereocenters. The molecular formula is C6H9N3OS2. The van der Waals surface area contributed by atoms with E-state index in [4.69, 9.17) is 5.73 Å². The monoisotopic (exact) mass is 203 g/mol. The maximum Gasteiger partial charge on any atom is 0.242 e. The normalized spacial score (nSPS) is 10.6. The van der Waals surface area contributed by atoms with Crippen LogP contribution in [0.1, 0.15) is 24.3 Å². The van der Waals surface area contributed by atoms with Gasteiger partial charge in [0, 0.05) is 16.8 Å². The summed E-state index contributed by atoms with van der Waals surface area (Å²) >= 11 is 2.25. The molecule has 6 heteroatoms. The van der Waals surface area contributed by atoms with E-state index in [0.29, 0.717) is 10.7 Å². The lowest BCUT2D eigenvalue weighted by atomic mass is 10.5. The lowest BCUT2D eigenvalue weighted by Crippen LogP contribution is -2.02. The van der Waals surface area contributed by atoms with Gasteiger partial charge in [-0.15, -0.1) is 5.10 Å². The Bertz CT molecular complexity index is 284. The van der Waals surface area contributed by atoms with E-state index in [1.165, 1.54) is 11.8 Å². The molecule has 0 spiro atoms. The number of carbonyl (C=O) groups excluding carboxylic acids is 1. The first-order valence-electron chi connectivity index (χ1n) is 3.40. The lowest BCUT2D eigenvalue weighted by molar-refractivity contribution is 0.108. The quantitative estimate of drug-likeness (QED) is 0.786. The zero-order valence-corrected chi connectivity index (χ0v) is 8.41. The molecule has 0 bridgehead atoms. The minimum absolute atomic E-state index is 0.101. The minimum atomic E-state index is -0.101.